The van der Waals surface area contributed by atoms with Gasteiger partial charge in [0.15, 0.2) is 0 Å². The van der Waals surface area contributed by atoms with Crippen molar-refractivity contribution in [3.8, 4) is 5.75 Å². The predicted octanol–water partition coefficient (Wildman–Crippen LogP) is 0.314. The van der Waals surface area contributed by atoms with Crippen LogP contribution in [0.3, 0.4) is 0 Å². The van der Waals surface area contributed by atoms with E-state index in [1.165, 1.54) is 32.2 Å². The molecule has 0 saturated carbocycles. The Morgan fingerprint density at radius 2 is 1.95 bits per heavy atom. The first-order chi connectivity index (χ1) is 9.85. The Hall–Kier alpha value is -2.12. The van der Waals surface area contributed by atoms with Crippen molar-refractivity contribution >= 4 is 11.9 Å². The predicted molar refractivity (Wildman–Crippen MR) is 74.2 cm³/mol. The van der Waals surface area contributed by atoms with Crippen molar-refractivity contribution < 1.29 is 29.6 Å². The Labute approximate surface area is 122 Å². The number of methoxy groups -OCH3 is 1. The maximum atomic E-state index is 11.0. The van der Waals surface area contributed by atoms with Gasteiger partial charge in [0.1, 0.15) is 11.9 Å². The van der Waals surface area contributed by atoms with Crippen LogP contribution in [0.1, 0.15) is 35.4 Å². The largest absolute Gasteiger partial charge is 0.497 e. The maximum Gasteiger partial charge on any atom is 0.335 e. The quantitative estimate of drug-likeness (QED) is 0.576. The molecule has 0 fully saturated rings. The zero-order valence-electron chi connectivity index (χ0n) is 11.9. The minimum absolute atomic E-state index is 0.0440. The normalized spacial score (nSPS) is 13.3. The van der Waals surface area contributed by atoms with E-state index >= 15 is 0 Å². The molecule has 0 radical (unpaired) electrons. The van der Waals surface area contributed by atoms with E-state index in [1.807, 2.05) is 0 Å². The lowest BCUT2D eigenvalue weighted by atomic mass is 9.99. The number of benzene rings is 1. The first-order valence-corrected chi connectivity index (χ1v) is 6.38. The molecule has 0 saturated heterocycles. The van der Waals surface area contributed by atoms with E-state index in [0.717, 1.165) is 0 Å². The summed E-state index contributed by atoms with van der Waals surface area (Å²) in [5, 5.41) is 31.5. The molecule has 1 aromatic rings. The summed E-state index contributed by atoms with van der Waals surface area (Å²) >= 11 is 0. The number of hydrogen-bond acceptors (Lipinski definition) is 5. The molecule has 0 heterocycles. The number of aliphatic hydroxyl groups is 2. The fourth-order valence-corrected chi connectivity index (χ4v) is 1.81. The van der Waals surface area contributed by atoms with Crippen molar-refractivity contribution in [1.29, 1.82) is 0 Å². The van der Waals surface area contributed by atoms with E-state index in [2.05, 4.69) is 5.32 Å². The number of carboxylic acid groups (broad SMARTS) is 1. The summed E-state index contributed by atoms with van der Waals surface area (Å²) < 4.78 is 4.98. The molecule has 21 heavy (non-hydrogen) atoms. The highest BCUT2D eigenvalue weighted by molar-refractivity contribution is 5.88. The summed E-state index contributed by atoms with van der Waals surface area (Å²) in [5.74, 6) is -1.11. The Kier molecular flexibility index (Phi) is 6.13. The molecule has 0 aliphatic carbocycles. The van der Waals surface area contributed by atoms with Gasteiger partial charge in [-0.2, -0.15) is 0 Å². The van der Waals surface area contributed by atoms with Gasteiger partial charge >= 0.3 is 5.97 Å². The van der Waals surface area contributed by atoms with Gasteiger partial charge in [-0.05, 0) is 30.2 Å². The molecule has 7 heteroatoms. The van der Waals surface area contributed by atoms with Gasteiger partial charge in [-0.15, -0.1) is 0 Å². The van der Waals surface area contributed by atoms with Crippen molar-refractivity contribution in [1.82, 2.24) is 5.32 Å². The highest BCUT2D eigenvalue weighted by atomic mass is 16.5. The van der Waals surface area contributed by atoms with Gasteiger partial charge in [0.05, 0.1) is 18.8 Å². The minimum atomic E-state index is -1.27. The topological polar surface area (TPSA) is 116 Å². The molecular formula is C14H19NO6. The molecule has 0 aromatic heterocycles. The smallest absolute Gasteiger partial charge is 0.335 e. The number of carbonyl (C=O) groups is 2. The summed E-state index contributed by atoms with van der Waals surface area (Å²) in [4.78, 5) is 21.7. The van der Waals surface area contributed by atoms with Crippen LogP contribution in [0.5, 0.6) is 5.75 Å². The fraction of sp³-hybridized carbons (Fsp3) is 0.429. The zero-order chi connectivity index (χ0) is 16.0. The van der Waals surface area contributed by atoms with E-state index < -0.39 is 18.2 Å². The zero-order valence-corrected chi connectivity index (χ0v) is 11.9. The molecule has 0 bridgehead atoms. The van der Waals surface area contributed by atoms with E-state index in [4.69, 9.17) is 9.84 Å². The number of aromatic carboxylic acids is 1. The number of aliphatic hydroxyl groups excluding tert-OH is 2. The second-order valence-corrected chi connectivity index (χ2v) is 4.58. The summed E-state index contributed by atoms with van der Waals surface area (Å²) in [7, 11) is 1.38. The standard InChI is InChI=1S/C14H19NO6/c1-8(16)15-4-3-12(17)13(18)9-5-10(14(19)20)7-11(6-9)21-2/h5-7,12-13,17-18H,3-4H2,1-2H3,(H,15,16)(H,19,20). The Balaban J connectivity index is 2.84. The van der Waals surface area contributed by atoms with Crippen molar-refractivity contribution in [3.63, 3.8) is 0 Å². The number of carboxylic acids is 1. The highest BCUT2D eigenvalue weighted by Gasteiger charge is 2.20. The third kappa shape index (κ3) is 5.05. The van der Waals surface area contributed by atoms with E-state index in [9.17, 15) is 19.8 Å². The van der Waals surface area contributed by atoms with Gasteiger partial charge in [0, 0.05) is 13.5 Å². The summed E-state index contributed by atoms with van der Waals surface area (Å²) in [6.07, 6.45) is -2.27. The van der Waals surface area contributed by atoms with Crippen LogP contribution in [0.4, 0.5) is 0 Å². The van der Waals surface area contributed by atoms with Crippen LogP contribution < -0.4 is 10.1 Å². The minimum Gasteiger partial charge on any atom is -0.497 e. The molecule has 2 unspecified atom stereocenters. The number of amides is 1. The molecule has 0 aliphatic rings. The third-order valence-corrected chi connectivity index (χ3v) is 2.93. The molecule has 1 aromatic carbocycles. The number of hydrogen-bond donors (Lipinski definition) is 4. The van der Waals surface area contributed by atoms with Crippen molar-refractivity contribution in [2.45, 2.75) is 25.6 Å². The Morgan fingerprint density at radius 1 is 1.29 bits per heavy atom. The van der Waals surface area contributed by atoms with Gasteiger partial charge in [-0.25, -0.2) is 4.79 Å². The van der Waals surface area contributed by atoms with Crippen LogP contribution in [-0.4, -0.2) is 47.0 Å². The van der Waals surface area contributed by atoms with Gasteiger partial charge in [-0.3, -0.25) is 4.79 Å². The second kappa shape index (κ2) is 7.61. The molecule has 4 N–H and O–H groups in total. The average Bonchev–Trinajstić information content (AvgIpc) is 2.45. The van der Waals surface area contributed by atoms with Crippen LogP contribution in [0.25, 0.3) is 0 Å². The summed E-state index contributed by atoms with van der Waals surface area (Å²) in [6.45, 7) is 1.56. The molecular weight excluding hydrogens is 278 g/mol. The van der Waals surface area contributed by atoms with Gasteiger partial charge < -0.3 is 25.4 Å². The first-order valence-electron chi connectivity index (χ1n) is 6.38. The van der Waals surface area contributed by atoms with Gasteiger partial charge in [-0.1, -0.05) is 0 Å². The van der Waals surface area contributed by atoms with Crippen molar-refractivity contribution in [2.75, 3.05) is 13.7 Å². The molecule has 116 valence electrons. The average molecular weight is 297 g/mol. The van der Waals surface area contributed by atoms with E-state index in [0.29, 0.717) is 0 Å². The second-order valence-electron chi connectivity index (χ2n) is 4.58. The first kappa shape index (κ1) is 16.9. The molecule has 1 rings (SSSR count). The van der Waals surface area contributed by atoms with Crippen molar-refractivity contribution in [2.24, 2.45) is 0 Å². The summed E-state index contributed by atoms with van der Waals surface area (Å²) in [5.41, 5.74) is 0.194. The van der Waals surface area contributed by atoms with Crippen LogP contribution in [-0.2, 0) is 4.79 Å². The van der Waals surface area contributed by atoms with Crippen LogP contribution >= 0.6 is 0 Å². The monoisotopic (exact) mass is 297 g/mol. The Morgan fingerprint density at radius 3 is 2.48 bits per heavy atom. The van der Waals surface area contributed by atoms with E-state index in [1.54, 1.807) is 0 Å². The number of nitrogens with one attached hydrogen (secondary N) is 1. The molecule has 1 amide bonds. The highest BCUT2D eigenvalue weighted by Crippen LogP contribution is 2.25. The lowest BCUT2D eigenvalue weighted by Gasteiger charge is -2.19. The molecule has 2 atom stereocenters. The molecule has 0 aliphatic heterocycles. The molecule has 7 nitrogen and oxygen atoms in total. The number of ether oxygens (including phenoxy) is 1. The third-order valence-electron chi connectivity index (χ3n) is 2.93. The fourth-order valence-electron chi connectivity index (χ4n) is 1.81. The van der Waals surface area contributed by atoms with Gasteiger partial charge in [0.2, 0.25) is 5.91 Å². The Bertz CT molecular complexity index is 516. The van der Waals surface area contributed by atoms with Crippen LogP contribution in [0.2, 0.25) is 0 Å². The van der Waals surface area contributed by atoms with Crippen LogP contribution in [0, 0.1) is 0 Å². The van der Waals surface area contributed by atoms with E-state index in [-0.39, 0.29) is 35.7 Å². The molecule has 0 spiro atoms. The van der Waals surface area contributed by atoms with Gasteiger partial charge in [0.25, 0.3) is 0 Å². The van der Waals surface area contributed by atoms with Crippen molar-refractivity contribution in [3.05, 3.63) is 29.3 Å². The summed E-state index contributed by atoms with van der Waals surface area (Å²) in [6, 6.07) is 4.05. The lowest BCUT2D eigenvalue weighted by Crippen LogP contribution is -2.27. The number of carbonyl (C=O) groups excluding carboxylic acids is 1. The maximum absolute atomic E-state index is 11.0. The SMILES string of the molecule is COc1cc(C(=O)O)cc(C(O)C(O)CCNC(C)=O)c1. The number of rotatable bonds is 7. The lowest BCUT2D eigenvalue weighted by molar-refractivity contribution is -0.119. The van der Waals surface area contributed by atoms with Crippen LogP contribution in [0.15, 0.2) is 18.2 Å².